The van der Waals surface area contributed by atoms with Crippen LogP contribution in [0.2, 0.25) is 0 Å². The van der Waals surface area contributed by atoms with Crippen molar-refractivity contribution < 1.29 is 18.7 Å². The molecule has 0 saturated heterocycles. The summed E-state index contributed by atoms with van der Waals surface area (Å²) in [6, 6.07) is 4.92. The second-order valence-corrected chi connectivity index (χ2v) is 5.04. The number of amides is 2. The van der Waals surface area contributed by atoms with Crippen LogP contribution in [0.15, 0.2) is 18.2 Å². The molecule has 2 N–H and O–H groups in total. The van der Waals surface area contributed by atoms with Crippen molar-refractivity contribution >= 4 is 6.03 Å². The number of nitrogens with zero attached hydrogens (tertiary/aromatic N) is 1. The van der Waals surface area contributed by atoms with E-state index in [4.69, 9.17) is 5.11 Å². The molecule has 1 atom stereocenters. The maximum Gasteiger partial charge on any atom is 0.318 e. The zero-order chi connectivity index (χ0) is 16.0. The van der Waals surface area contributed by atoms with Crippen LogP contribution in [0.1, 0.15) is 29.7 Å². The Morgan fingerprint density at radius 1 is 1.33 bits per heavy atom. The normalized spacial score (nSPS) is 12.3. The van der Waals surface area contributed by atoms with Gasteiger partial charge in [0.15, 0.2) is 0 Å². The van der Waals surface area contributed by atoms with Gasteiger partial charge in [0, 0.05) is 6.54 Å². The van der Waals surface area contributed by atoms with Gasteiger partial charge in [-0.2, -0.15) is 0 Å². The summed E-state index contributed by atoms with van der Waals surface area (Å²) in [5.41, 5.74) is 3.04. The van der Waals surface area contributed by atoms with Crippen molar-refractivity contribution in [3.63, 3.8) is 0 Å². The number of aliphatic hydroxyl groups is 1. The maximum atomic E-state index is 12.5. The largest absolute Gasteiger partial charge is 0.395 e. The molecule has 2 amide bonds. The number of aliphatic hydroxyl groups excluding tert-OH is 1. The van der Waals surface area contributed by atoms with Gasteiger partial charge in [0.25, 0.3) is 6.43 Å². The Labute approximate surface area is 123 Å². The summed E-state index contributed by atoms with van der Waals surface area (Å²) in [5.74, 6) is 0. The topological polar surface area (TPSA) is 52.6 Å². The smallest absolute Gasteiger partial charge is 0.318 e. The zero-order valence-electron chi connectivity index (χ0n) is 12.6. The molecule has 4 nitrogen and oxygen atoms in total. The van der Waals surface area contributed by atoms with Gasteiger partial charge in [0.2, 0.25) is 0 Å². The molecule has 0 aliphatic heterocycles. The number of carbonyl (C=O) groups excluding carboxylic acids is 1. The third-order valence-electron chi connectivity index (χ3n) is 3.33. The first-order valence-electron chi connectivity index (χ1n) is 6.87. The lowest BCUT2D eigenvalue weighted by Crippen LogP contribution is -2.44. The van der Waals surface area contributed by atoms with Crippen LogP contribution in [0.3, 0.4) is 0 Å². The molecule has 1 aromatic carbocycles. The first kappa shape index (κ1) is 17.4. The number of alkyl halides is 2. The average Bonchev–Trinajstić information content (AvgIpc) is 2.37. The van der Waals surface area contributed by atoms with Crippen molar-refractivity contribution in [1.82, 2.24) is 10.2 Å². The number of hydrogen-bond donors (Lipinski definition) is 2. The SMILES string of the molecule is Cc1cccc(C)c1C(C)NC(=O)N(CCO)CC(F)F. The highest BCUT2D eigenvalue weighted by atomic mass is 19.3. The predicted molar refractivity (Wildman–Crippen MR) is 77.5 cm³/mol. The van der Waals surface area contributed by atoms with Gasteiger partial charge in [0.1, 0.15) is 0 Å². The average molecular weight is 300 g/mol. The van der Waals surface area contributed by atoms with Crippen molar-refractivity contribution in [1.29, 1.82) is 0 Å². The Kier molecular flexibility index (Phi) is 6.55. The van der Waals surface area contributed by atoms with Gasteiger partial charge in [0.05, 0.1) is 19.2 Å². The van der Waals surface area contributed by atoms with Gasteiger partial charge in [-0.3, -0.25) is 0 Å². The van der Waals surface area contributed by atoms with Crippen LogP contribution in [0.4, 0.5) is 13.6 Å². The van der Waals surface area contributed by atoms with Crippen molar-refractivity contribution in [2.75, 3.05) is 19.7 Å². The van der Waals surface area contributed by atoms with Crippen LogP contribution < -0.4 is 5.32 Å². The molecule has 0 bridgehead atoms. The Hall–Kier alpha value is -1.69. The number of urea groups is 1. The Morgan fingerprint density at radius 2 is 1.90 bits per heavy atom. The second-order valence-electron chi connectivity index (χ2n) is 5.04. The molecule has 0 saturated carbocycles. The lowest BCUT2D eigenvalue weighted by Gasteiger charge is -2.25. The molecule has 0 radical (unpaired) electrons. The van der Waals surface area contributed by atoms with Crippen molar-refractivity contribution in [3.05, 3.63) is 34.9 Å². The van der Waals surface area contributed by atoms with Gasteiger partial charge in [-0.25, -0.2) is 13.6 Å². The molecule has 0 aliphatic rings. The minimum absolute atomic E-state index is 0.115. The van der Waals surface area contributed by atoms with E-state index in [1.165, 1.54) is 0 Å². The third kappa shape index (κ3) is 4.97. The summed E-state index contributed by atoms with van der Waals surface area (Å²) in [6.45, 7) is 4.54. The number of aryl methyl sites for hydroxylation is 2. The monoisotopic (exact) mass is 300 g/mol. The number of nitrogens with one attached hydrogen (secondary N) is 1. The lowest BCUT2D eigenvalue weighted by atomic mass is 9.97. The van der Waals surface area contributed by atoms with Crippen LogP contribution in [0.25, 0.3) is 0 Å². The van der Waals surface area contributed by atoms with Crippen LogP contribution in [0.5, 0.6) is 0 Å². The fraction of sp³-hybridized carbons (Fsp3) is 0.533. The molecule has 118 valence electrons. The standard InChI is InChI=1S/C15H22F2N2O2/c1-10-5-4-6-11(2)14(10)12(3)18-15(21)19(7-8-20)9-13(16)17/h4-6,12-13,20H,7-9H2,1-3H3,(H,18,21). The highest BCUT2D eigenvalue weighted by Crippen LogP contribution is 2.21. The molecule has 1 aromatic rings. The molecular weight excluding hydrogens is 278 g/mol. The molecule has 6 heteroatoms. The van der Waals surface area contributed by atoms with Gasteiger partial charge in [-0.15, -0.1) is 0 Å². The Morgan fingerprint density at radius 3 is 2.38 bits per heavy atom. The Balaban J connectivity index is 2.80. The van der Waals surface area contributed by atoms with E-state index in [9.17, 15) is 13.6 Å². The minimum atomic E-state index is -2.63. The van der Waals surface area contributed by atoms with Gasteiger partial charge >= 0.3 is 6.03 Å². The number of carbonyl (C=O) groups is 1. The Bertz CT molecular complexity index is 460. The molecule has 0 fully saturated rings. The van der Waals surface area contributed by atoms with Crippen LogP contribution in [-0.4, -0.2) is 42.2 Å². The number of halogens is 2. The second kappa shape index (κ2) is 7.93. The summed E-state index contributed by atoms with van der Waals surface area (Å²) >= 11 is 0. The quantitative estimate of drug-likeness (QED) is 0.848. The van der Waals surface area contributed by atoms with Crippen molar-refractivity contribution in [2.24, 2.45) is 0 Å². The molecule has 0 spiro atoms. The highest BCUT2D eigenvalue weighted by Gasteiger charge is 2.20. The summed E-state index contributed by atoms with van der Waals surface area (Å²) in [7, 11) is 0. The number of rotatable bonds is 6. The summed E-state index contributed by atoms with van der Waals surface area (Å²) < 4.78 is 24.9. The van der Waals surface area contributed by atoms with E-state index in [1.54, 1.807) is 0 Å². The summed E-state index contributed by atoms with van der Waals surface area (Å²) in [4.78, 5) is 13.0. The van der Waals surface area contributed by atoms with Crippen LogP contribution in [-0.2, 0) is 0 Å². The summed E-state index contributed by atoms with van der Waals surface area (Å²) in [6.07, 6.45) is -2.63. The molecule has 0 aromatic heterocycles. The van der Waals surface area contributed by atoms with E-state index in [2.05, 4.69) is 5.32 Å². The van der Waals surface area contributed by atoms with Crippen molar-refractivity contribution in [3.8, 4) is 0 Å². The third-order valence-corrected chi connectivity index (χ3v) is 3.33. The van der Waals surface area contributed by atoms with E-state index in [1.807, 2.05) is 39.0 Å². The van der Waals surface area contributed by atoms with Gasteiger partial charge in [-0.05, 0) is 37.5 Å². The van der Waals surface area contributed by atoms with E-state index >= 15 is 0 Å². The summed E-state index contributed by atoms with van der Waals surface area (Å²) in [5, 5.41) is 11.6. The molecule has 21 heavy (non-hydrogen) atoms. The molecule has 1 rings (SSSR count). The van der Waals surface area contributed by atoms with Crippen LogP contribution in [0, 0.1) is 13.8 Å². The predicted octanol–water partition coefficient (Wildman–Crippen LogP) is 2.63. The van der Waals surface area contributed by atoms with Gasteiger partial charge in [-0.1, -0.05) is 18.2 Å². The maximum absolute atomic E-state index is 12.5. The van der Waals surface area contributed by atoms with Gasteiger partial charge < -0.3 is 15.3 Å². The molecule has 1 unspecified atom stereocenters. The molecule has 0 aliphatic carbocycles. The highest BCUT2D eigenvalue weighted by molar-refractivity contribution is 5.74. The molecular formula is C15H22F2N2O2. The number of hydrogen-bond acceptors (Lipinski definition) is 2. The minimum Gasteiger partial charge on any atom is -0.395 e. The van der Waals surface area contributed by atoms with E-state index < -0.39 is 19.0 Å². The van der Waals surface area contributed by atoms with E-state index in [-0.39, 0.29) is 19.2 Å². The van der Waals surface area contributed by atoms with Crippen molar-refractivity contribution in [2.45, 2.75) is 33.2 Å². The first-order valence-corrected chi connectivity index (χ1v) is 6.87. The lowest BCUT2D eigenvalue weighted by molar-refractivity contribution is 0.0895. The molecule has 0 heterocycles. The zero-order valence-corrected chi connectivity index (χ0v) is 12.6. The van der Waals surface area contributed by atoms with E-state index in [0.717, 1.165) is 21.6 Å². The fourth-order valence-electron chi connectivity index (χ4n) is 2.42. The fourth-order valence-corrected chi connectivity index (χ4v) is 2.42. The number of benzene rings is 1. The van der Waals surface area contributed by atoms with E-state index in [0.29, 0.717) is 0 Å². The first-order chi connectivity index (χ1) is 9.86. The van der Waals surface area contributed by atoms with Crippen LogP contribution >= 0.6 is 0 Å².